The molecule has 0 N–H and O–H groups in total. The summed E-state index contributed by atoms with van der Waals surface area (Å²) in [6.45, 7) is 2.28. The lowest BCUT2D eigenvalue weighted by Crippen LogP contribution is -2.11. The maximum absolute atomic E-state index is 5.75. The van der Waals surface area contributed by atoms with Crippen molar-refractivity contribution in [3.8, 4) is 0 Å². The van der Waals surface area contributed by atoms with Crippen molar-refractivity contribution in [2.45, 2.75) is 24.5 Å². The van der Waals surface area contributed by atoms with E-state index in [1.165, 1.54) is 11.1 Å². The Balaban J connectivity index is 1.86. The number of hydrogen-bond donors (Lipinski definition) is 0. The van der Waals surface area contributed by atoms with Gasteiger partial charge in [-0.25, -0.2) is 0 Å². The molecule has 1 aromatic rings. The Labute approximate surface area is 98.7 Å². The van der Waals surface area contributed by atoms with Crippen molar-refractivity contribution in [3.05, 3.63) is 35.4 Å². The van der Waals surface area contributed by atoms with Crippen LogP contribution in [0, 0.1) is 0 Å². The minimum Gasteiger partial charge on any atom is -0.379 e. The van der Waals surface area contributed by atoms with Crippen molar-refractivity contribution in [2.24, 2.45) is 0 Å². The first-order valence-corrected chi connectivity index (χ1v) is 6.34. The van der Waals surface area contributed by atoms with Gasteiger partial charge in [-0.1, -0.05) is 40.2 Å². The van der Waals surface area contributed by atoms with E-state index in [0.29, 0.717) is 6.61 Å². The van der Waals surface area contributed by atoms with E-state index in [0.717, 1.165) is 25.0 Å². The highest BCUT2D eigenvalue weighted by Crippen LogP contribution is 2.13. The van der Waals surface area contributed by atoms with Gasteiger partial charge < -0.3 is 9.47 Å². The molecule has 15 heavy (non-hydrogen) atoms. The van der Waals surface area contributed by atoms with Crippen LogP contribution >= 0.6 is 15.9 Å². The van der Waals surface area contributed by atoms with Crippen LogP contribution in [0.15, 0.2) is 24.3 Å². The third-order valence-corrected chi connectivity index (χ3v) is 3.17. The van der Waals surface area contributed by atoms with E-state index in [2.05, 4.69) is 40.2 Å². The maximum Gasteiger partial charge on any atom is 0.0834 e. The molecule has 1 fully saturated rings. The summed E-state index contributed by atoms with van der Waals surface area (Å²) in [4.78, 5) is 0. The van der Waals surface area contributed by atoms with Crippen LogP contribution in [-0.4, -0.2) is 19.3 Å². The molecule has 1 aromatic carbocycles. The zero-order valence-electron chi connectivity index (χ0n) is 8.62. The van der Waals surface area contributed by atoms with Gasteiger partial charge in [0.05, 0.1) is 19.3 Å². The van der Waals surface area contributed by atoms with Crippen molar-refractivity contribution in [2.75, 3.05) is 13.2 Å². The van der Waals surface area contributed by atoms with Gasteiger partial charge in [-0.3, -0.25) is 0 Å². The van der Waals surface area contributed by atoms with Crippen molar-refractivity contribution in [3.63, 3.8) is 0 Å². The van der Waals surface area contributed by atoms with Gasteiger partial charge in [0.1, 0.15) is 0 Å². The predicted octanol–water partition coefficient (Wildman–Crippen LogP) is 2.89. The van der Waals surface area contributed by atoms with Crippen molar-refractivity contribution < 1.29 is 9.47 Å². The minimum absolute atomic E-state index is 0.289. The van der Waals surface area contributed by atoms with Gasteiger partial charge in [0.25, 0.3) is 0 Å². The second kappa shape index (κ2) is 5.64. The van der Waals surface area contributed by atoms with Gasteiger partial charge in [0.15, 0.2) is 0 Å². The Morgan fingerprint density at radius 2 is 2.27 bits per heavy atom. The number of hydrogen-bond acceptors (Lipinski definition) is 2. The van der Waals surface area contributed by atoms with Crippen LogP contribution in [0.3, 0.4) is 0 Å². The topological polar surface area (TPSA) is 18.5 Å². The van der Waals surface area contributed by atoms with Crippen molar-refractivity contribution >= 4 is 15.9 Å². The lowest BCUT2D eigenvalue weighted by molar-refractivity contribution is 0.0317. The summed E-state index contributed by atoms with van der Waals surface area (Å²) >= 11 is 3.45. The van der Waals surface area contributed by atoms with E-state index in [1.807, 2.05) is 0 Å². The third kappa shape index (κ3) is 3.30. The molecule has 0 aliphatic carbocycles. The van der Waals surface area contributed by atoms with Crippen LogP contribution in [0.4, 0.5) is 0 Å². The largest absolute Gasteiger partial charge is 0.379 e. The standard InChI is InChI=1S/C12H15BrO2/c13-7-10-2-1-3-11(6-10)8-15-12-4-5-14-9-12/h1-3,6,12H,4-5,7-9H2. The quantitative estimate of drug-likeness (QED) is 0.784. The molecule has 1 aliphatic rings. The van der Waals surface area contributed by atoms with Gasteiger partial charge in [-0.15, -0.1) is 0 Å². The van der Waals surface area contributed by atoms with Gasteiger partial charge in [0.2, 0.25) is 0 Å². The van der Waals surface area contributed by atoms with E-state index in [-0.39, 0.29) is 6.10 Å². The van der Waals surface area contributed by atoms with E-state index in [1.54, 1.807) is 0 Å². The smallest absolute Gasteiger partial charge is 0.0834 e. The first kappa shape index (κ1) is 11.1. The van der Waals surface area contributed by atoms with E-state index >= 15 is 0 Å². The van der Waals surface area contributed by atoms with Crippen LogP contribution in [0.1, 0.15) is 17.5 Å². The number of ether oxygens (including phenoxy) is 2. The summed E-state index contributed by atoms with van der Waals surface area (Å²) in [5.41, 5.74) is 2.53. The lowest BCUT2D eigenvalue weighted by atomic mass is 10.1. The molecule has 2 rings (SSSR count). The molecule has 1 atom stereocenters. The molecule has 0 spiro atoms. The summed E-state index contributed by atoms with van der Waals surface area (Å²) in [5.74, 6) is 0. The van der Waals surface area contributed by atoms with Gasteiger partial charge in [-0.05, 0) is 17.5 Å². The van der Waals surface area contributed by atoms with Gasteiger partial charge in [-0.2, -0.15) is 0 Å². The summed E-state index contributed by atoms with van der Waals surface area (Å²) in [7, 11) is 0. The van der Waals surface area contributed by atoms with Gasteiger partial charge in [0, 0.05) is 11.9 Å². The molecule has 0 amide bonds. The molecule has 1 saturated heterocycles. The molecular formula is C12H15BrO2. The molecule has 1 heterocycles. The van der Waals surface area contributed by atoms with E-state index < -0.39 is 0 Å². The van der Waals surface area contributed by atoms with Crippen LogP contribution in [-0.2, 0) is 21.4 Å². The fraction of sp³-hybridized carbons (Fsp3) is 0.500. The Hall–Kier alpha value is -0.380. The summed E-state index contributed by atoms with van der Waals surface area (Å²) in [5, 5.41) is 0.896. The Bertz CT molecular complexity index is 308. The SMILES string of the molecule is BrCc1cccc(COC2CCOC2)c1. The highest BCUT2D eigenvalue weighted by Gasteiger charge is 2.15. The molecule has 0 bridgehead atoms. The molecule has 3 heteroatoms. The number of halogens is 1. The number of alkyl halides is 1. The zero-order valence-corrected chi connectivity index (χ0v) is 10.2. The molecule has 82 valence electrons. The Morgan fingerprint density at radius 1 is 1.40 bits per heavy atom. The zero-order chi connectivity index (χ0) is 10.5. The van der Waals surface area contributed by atoms with E-state index in [4.69, 9.17) is 9.47 Å². The van der Waals surface area contributed by atoms with Crippen molar-refractivity contribution in [1.82, 2.24) is 0 Å². The van der Waals surface area contributed by atoms with Crippen LogP contribution < -0.4 is 0 Å². The van der Waals surface area contributed by atoms with E-state index in [9.17, 15) is 0 Å². The monoisotopic (exact) mass is 270 g/mol. The Morgan fingerprint density at radius 3 is 3.00 bits per heavy atom. The van der Waals surface area contributed by atoms with Crippen LogP contribution in [0.5, 0.6) is 0 Å². The summed E-state index contributed by atoms with van der Waals surface area (Å²) < 4.78 is 11.0. The second-order valence-electron chi connectivity index (χ2n) is 3.75. The average Bonchev–Trinajstić information content (AvgIpc) is 2.79. The lowest BCUT2D eigenvalue weighted by Gasteiger charge is -2.10. The maximum atomic E-state index is 5.75. The Kier molecular flexibility index (Phi) is 4.18. The molecule has 0 saturated carbocycles. The fourth-order valence-corrected chi connectivity index (χ4v) is 2.01. The molecule has 0 aromatic heterocycles. The average molecular weight is 271 g/mol. The first-order valence-electron chi connectivity index (χ1n) is 5.21. The minimum atomic E-state index is 0.289. The highest BCUT2D eigenvalue weighted by atomic mass is 79.9. The summed E-state index contributed by atoms with van der Waals surface area (Å²) in [6.07, 6.45) is 1.32. The number of benzene rings is 1. The predicted molar refractivity (Wildman–Crippen MR) is 63.1 cm³/mol. The second-order valence-corrected chi connectivity index (χ2v) is 4.31. The highest BCUT2D eigenvalue weighted by molar-refractivity contribution is 9.08. The summed E-state index contributed by atoms with van der Waals surface area (Å²) in [6, 6.07) is 8.45. The van der Waals surface area contributed by atoms with Crippen LogP contribution in [0.2, 0.25) is 0 Å². The van der Waals surface area contributed by atoms with Gasteiger partial charge >= 0.3 is 0 Å². The third-order valence-electron chi connectivity index (χ3n) is 2.52. The molecule has 0 radical (unpaired) electrons. The molecule has 1 aliphatic heterocycles. The van der Waals surface area contributed by atoms with Crippen molar-refractivity contribution in [1.29, 1.82) is 0 Å². The molecular weight excluding hydrogens is 256 g/mol. The normalized spacial score (nSPS) is 20.7. The molecule has 2 nitrogen and oxygen atoms in total. The fourth-order valence-electron chi connectivity index (χ4n) is 1.66. The number of rotatable bonds is 4. The molecule has 1 unspecified atom stereocenters. The van der Waals surface area contributed by atoms with Crippen LogP contribution in [0.25, 0.3) is 0 Å². The first-order chi connectivity index (χ1) is 7.38.